The number of aliphatic hydroxyl groups is 1. The van der Waals surface area contributed by atoms with E-state index in [1.54, 1.807) is 12.4 Å². The van der Waals surface area contributed by atoms with Crippen LogP contribution in [0.25, 0.3) is 0 Å². The summed E-state index contributed by atoms with van der Waals surface area (Å²) in [6.45, 7) is 8.04. The van der Waals surface area contributed by atoms with Crippen LogP contribution in [-0.2, 0) is 6.54 Å². The highest BCUT2D eigenvalue weighted by molar-refractivity contribution is 5.09. The number of aromatic nitrogens is 1. The first-order valence-electron chi connectivity index (χ1n) is 6.59. The smallest absolute Gasteiger partial charge is 0.0602 e. The molecule has 2 atom stereocenters. The molecule has 0 aromatic carbocycles. The molecule has 0 saturated carbocycles. The molecule has 102 valence electrons. The number of nitrogens with two attached hydrogens (primary N) is 1. The molecule has 2 unspecified atom stereocenters. The fourth-order valence-corrected chi connectivity index (χ4v) is 2.11. The lowest BCUT2D eigenvalue weighted by molar-refractivity contribution is 0.0899. The Morgan fingerprint density at radius 3 is 2.39 bits per heavy atom. The molecular formula is C14H25N3O. The lowest BCUT2D eigenvalue weighted by Gasteiger charge is -2.35. The molecule has 0 bridgehead atoms. The van der Waals surface area contributed by atoms with E-state index in [0.29, 0.717) is 5.92 Å². The summed E-state index contributed by atoms with van der Waals surface area (Å²) in [7, 11) is 0. The number of rotatable bonds is 7. The van der Waals surface area contributed by atoms with E-state index in [0.717, 1.165) is 13.1 Å². The third kappa shape index (κ3) is 4.05. The maximum atomic E-state index is 9.59. The molecule has 0 aliphatic heterocycles. The van der Waals surface area contributed by atoms with E-state index in [-0.39, 0.29) is 18.7 Å². The van der Waals surface area contributed by atoms with Crippen LogP contribution in [0.15, 0.2) is 24.5 Å². The van der Waals surface area contributed by atoms with Crippen molar-refractivity contribution in [3.63, 3.8) is 0 Å². The highest BCUT2D eigenvalue weighted by atomic mass is 16.3. The zero-order valence-electron chi connectivity index (χ0n) is 11.6. The molecule has 0 radical (unpaired) electrons. The van der Waals surface area contributed by atoms with Gasteiger partial charge in [-0.25, -0.2) is 0 Å². The molecule has 0 amide bonds. The van der Waals surface area contributed by atoms with Gasteiger partial charge in [-0.1, -0.05) is 20.8 Å². The van der Waals surface area contributed by atoms with Crippen LogP contribution in [0.4, 0.5) is 0 Å². The first-order chi connectivity index (χ1) is 8.60. The van der Waals surface area contributed by atoms with Crippen LogP contribution in [-0.4, -0.2) is 40.2 Å². The van der Waals surface area contributed by atoms with Gasteiger partial charge in [0.25, 0.3) is 0 Å². The van der Waals surface area contributed by atoms with Crippen LogP contribution in [0.5, 0.6) is 0 Å². The van der Waals surface area contributed by atoms with Crippen molar-refractivity contribution in [1.82, 2.24) is 9.88 Å². The van der Waals surface area contributed by atoms with Gasteiger partial charge in [0, 0.05) is 31.0 Å². The van der Waals surface area contributed by atoms with Crippen LogP contribution in [0, 0.1) is 5.92 Å². The van der Waals surface area contributed by atoms with Gasteiger partial charge in [0.2, 0.25) is 0 Å². The van der Waals surface area contributed by atoms with Crippen LogP contribution < -0.4 is 5.73 Å². The van der Waals surface area contributed by atoms with Crippen molar-refractivity contribution in [3.05, 3.63) is 30.1 Å². The summed E-state index contributed by atoms with van der Waals surface area (Å²) < 4.78 is 0. The topological polar surface area (TPSA) is 62.4 Å². The quantitative estimate of drug-likeness (QED) is 0.765. The molecule has 0 spiro atoms. The van der Waals surface area contributed by atoms with E-state index >= 15 is 0 Å². The van der Waals surface area contributed by atoms with E-state index in [1.165, 1.54) is 5.56 Å². The molecule has 1 rings (SSSR count). The van der Waals surface area contributed by atoms with Gasteiger partial charge in [-0.05, 0) is 30.2 Å². The van der Waals surface area contributed by atoms with Crippen molar-refractivity contribution in [2.45, 2.75) is 39.4 Å². The number of nitrogens with zero attached hydrogens (tertiary/aromatic N) is 2. The fourth-order valence-electron chi connectivity index (χ4n) is 2.11. The molecule has 0 aliphatic rings. The van der Waals surface area contributed by atoms with Crippen molar-refractivity contribution in [2.24, 2.45) is 11.7 Å². The predicted molar refractivity (Wildman–Crippen MR) is 74.0 cm³/mol. The van der Waals surface area contributed by atoms with Gasteiger partial charge in [0.15, 0.2) is 0 Å². The van der Waals surface area contributed by atoms with Crippen molar-refractivity contribution in [3.8, 4) is 0 Å². The molecule has 0 fully saturated rings. The third-order valence-electron chi connectivity index (χ3n) is 3.41. The maximum absolute atomic E-state index is 9.59. The highest BCUT2D eigenvalue weighted by Crippen LogP contribution is 2.13. The maximum Gasteiger partial charge on any atom is 0.0602 e. The summed E-state index contributed by atoms with van der Waals surface area (Å²) in [4.78, 5) is 6.24. The van der Waals surface area contributed by atoms with Gasteiger partial charge < -0.3 is 10.8 Å². The van der Waals surface area contributed by atoms with E-state index < -0.39 is 0 Å². The molecule has 4 heteroatoms. The lowest BCUT2D eigenvalue weighted by atomic mass is 9.96. The average Bonchev–Trinajstić information content (AvgIpc) is 2.39. The number of hydrogen-bond donors (Lipinski definition) is 2. The highest BCUT2D eigenvalue weighted by Gasteiger charge is 2.25. The van der Waals surface area contributed by atoms with Crippen LogP contribution in [0.3, 0.4) is 0 Å². The number of aliphatic hydroxyl groups excluding tert-OH is 1. The summed E-state index contributed by atoms with van der Waals surface area (Å²) in [6, 6.07) is 3.98. The first-order valence-corrected chi connectivity index (χ1v) is 6.59. The molecule has 1 heterocycles. The largest absolute Gasteiger partial charge is 0.395 e. The Labute approximate surface area is 110 Å². The number of likely N-dealkylation sites (N-methyl/N-ethyl adjacent to an activating group) is 1. The summed E-state index contributed by atoms with van der Waals surface area (Å²) in [6.07, 6.45) is 3.58. The normalized spacial score (nSPS) is 15.1. The Bertz CT molecular complexity index is 329. The Hall–Kier alpha value is -0.970. The molecule has 0 saturated heterocycles. The van der Waals surface area contributed by atoms with E-state index in [2.05, 4.69) is 30.7 Å². The predicted octanol–water partition coefficient (Wildman–Crippen LogP) is 1.25. The minimum absolute atomic E-state index is 0.00293. The van der Waals surface area contributed by atoms with Crippen molar-refractivity contribution in [2.75, 3.05) is 13.2 Å². The second-order valence-corrected chi connectivity index (χ2v) is 4.99. The molecule has 0 aliphatic carbocycles. The monoisotopic (exact) mass is 251 g/mol. The molecule has 1 aromatic heterocycles. The minimum atomic E-state index is -0.0169. The van der Waals surface area contributed by atoms with Gasteiger partial charge >= 0.3 is 0 Å². The summed E-state index contributed by atoms with van der Waals surface area (Å²) >= 11 is 0. The number of hydrogen-bond acceptors (Lipinski definition) is 4. The van der Waals surface area contributed by atoms with Gasteiger partial charge in [0.05, 0.1) is 6.61 Å². The molecule has 4 nitrogen and oxygen atoms in total. The summed E-state index contributed by atoms with van der Waals surface area (Å²) in [5.74, 6) is 0.355. The molecular weight excluding hydrogens is 226 g/mol. The van der Waals surface area contributed by atoms with E-state index in [4.69, 9.17) is 5.73 Å². The van der Waals surface area contributed by atoms with Gasteiger partial charge in [-0.3, -0.25) is 9.88 Å². The van der Waals surface area contributed by atoms with Gasteiger partial charge in [-0.15, -0.1) is 0 Å². The van der Waals surface area contributed by atoms with Gasteiger partial charge in [-0.2, -0.15) is 0 Å². The van der Waals surface area contributed by atoms with Gasteiger partial charge in [0.1, 0.15) is 0 Å². The van der Waals surface area contributed by atoms with Crippen molar-refractivity contribution >= 4 is 0 Å². The molecule has 18 heavy (non-hydrogen) atoms. The SMILES string of the molecule is CCN(Cc1ccncc1)C(CO)C(N)C(C)C. The first kappa shape index (κ1) is 15.1. The van der Waals surface area contributed by atoms with Crippen molar-refractivity contribution < 1.29 is 5.11 Å². The average molecular weight is 251 g/mol. The second kappa shape index (κ2) is 7.46. The third-order valence-corrected chi connectivity index (χ3v) is 3.41. The van der Waals surface area contributed by atoms with Crippen LogP contribution >= 0.6 is 0 Å². The molecule has 1 aromatic rings. The standard InChI is InChI=1S/C14H25N3O/c1-4-17(9-12-5-7-16-8-6-12)13(10-18)14(15)11(2)3/h5-8,11,13-14,18H,4,9-10,15H2,1-3H3. The van der Waals surface area contributed by atoms with Crippen molar-refractivity contribution in [1.29, 1.82) is 0 Å². The van der Waals surface area contributed by atoms with Crippen LogP contribution in [0.2, 0.25) is 0 Å². The Morgan fingerprint density at radius 2 is 1.94 bits per heavy atom. The fraction of sp³-hybridized carbons (Fsp3) is 0.643. The molecule has 3 N–H and O–H groups in total. The van der Waals surface area contributed by atoms with Crippen LogP contribution in [0.1, 0.15) is 26.3 Å². The van der Waals surface area contributed by atoms with E-state index in [1.807, 2.05) is 12.1 Å². The zero-order chi connectivity index (χ0) is 13.5. The lowest BCUT2D eigenvalue weighted by Crippen LogP contribution is -2.52. The summed E-state index contributed by atoms with van der Waals surface area (Å²) in [5.41, 5.74) is 7.38. The second-order valence-electron chi connectivity index (χ2n) is 4.99. The Morgan fingerprint density at radius 1 is 1.33 bits per heavy atom. The number of pyridine rings is 1. The van der Waals surface area contributed by atoms with E-state index in [9.17, 15) is 5.11 Å². The summed E-state index contributed by atoms with van der Waals surface area (Å²) in [5, 5.41) is 9.59. The Balaban J connectivity index is 2.74. The minimum Gasteiger partial charge on any atom is -0.395 e. The zero-order valence-corrected chi connectivity index (χ0v) is 11.6. The Kier molecular flexibility index (Phi) is 6.25.